The quantitative estimate of drug-likeness (QED) is 0.918. The highest BCUT2D eigenvalue weighted by Gasteiger charge is 2.18. The van der Waals surface area contributed by atoms with Gasteiger partial charge in [-0.3, -0.25) is 4.79 Å². The fraction of sp³-hybridized carbons (Fsp3) is 0.500. The van der Waals surface area contributed by atoms with Crippen molar-refractivity contribution in [1.82, 2.24) is 15.5 Å². The number of aromatic nitrogens is 2. The van der Waals surface area contributed by atoms with Crippen LogP contribution >= 0.6 is 0 Å². The van der Waals surface area contributed by atoms with Crippen molar-refractivity contribution in [3.8, 4) is 0 Å². The molecule has 2 aromatic heterocycles. The molecule has 0 aliphatic rings. The van der Waals surface area contributed by atoms with E-state index in [-0.39, 0.29) is 11.9 Å². The number of hydrogen-bond acceptors (Lipinski definition) is 4. The molecule has 1 unspecified atom stereocenters. The fourth-order valence-corrected chi connectivity index (χ4v) is 2.20. The molecular weight excluding hydrogens is 242 g/mol. The first-order valence-electron chi connectivity index (χ1n) is 6.57. The van der Waals surface area contributed by atoms with Crippen molar-refractivity contribution >= 4 is 17.0 Å². The predicted molar refractivity (Wildman–Crippen MR) is 73.1 cm³/mol. The number of nitrogens with zero attached hydrogens (tertiary/aromatic N) is 2. The van der Waals surface area contributed by atoms with Crippen LogP contribution in [0.1, 0.15) is 48.4 Å². The zero-order chi connectivity index (χ0) is 14.0. The van der Waals surface area contributed by atoms with Crippen LogP contribution in [0.2, 0.25) is 0 Å². The van der Waals surface area contributed by atoms with Crippen molar-refractivity contribution in [2.75, 3.05) is 0 Å². The lowest BCUT2D eigenvalue weighted by Gasteiger charge is -2.13. The molecule has 0 bridgehead atoms. The maximum atomic E-state index is 12.3. The van der Waals surface area contributed by atoms with Crippen LogP contribution in [0.4, 0.5) is 0 Å². The summed E-state index contributed by atoms with van der Waals surface area (Å²) in [6, 6.07) is 1.93. The lowest BCUT2D eigenvalue weighted by Crippen LogP contribution is -2.32. The molecule has 2 aromatic rings. The SMILES string of the molecule is CCCC(C)NC(=O)c1cc(C)nc2onc(C)c12. The van der Waals surface area contributed by atoms with Gasteiger partial charge in [0.05, 0.1) is 16.6 Å². The van der Waals surface area contributed by atoms with Gasteiger partial charge in [0.2, 0.25) is 0 Å². The van der Waals surface area contributed by atoms with Gasteiger partial charge in [0.15, 0.2) is 0 Å². The second-order valence-electron chi connectivity index (χ2n) is 4.92. The summed E-state index contributed by atoms with van der Waals surface area (Å²) < 4.78 is 5.13. The molecule has 2 heterocycles. The van der Waals surface area contributed by atoms with Gasteiger partial charge in [-0.15, -0.1) is 0 Å². The standard InChI is InChI=1S/C14H19N3O2/c1-5-6-8(2)15-13(18)11-7-9(3)16-14-12(11)10(4)17-19-14/h7-8H,5-6H2,1-4H3,(H,15,18). The molecule has 19 heavy (non-hydrogen) atoms. The van der Waals surface area contributed by atoms with Crippen LogP contribution < -0.4 is 5.32 Å². The summed E-state index contributed by atoms with van der Waals surface area (Å²) in [5.74, 6) is -0.0947. The van der Waals surface area contributed by atoms with Crippen LogP contribution in [0.5, 0.6) is 0 Å². The highest BCUT2D eigenvalue weighted by Crippen LogP contribution is 2.21. The van der Waals surface area contributed by atoms with Crippen LogP contribution in [-0.4, -0.2) is 22.1 Å². The largest absolute Gasteiger partial charge is 0.350 e. The summed E-state index contributed by atoms with van der Waals surface area (Å²) in [6.45, 7) is 7.76. The van der Waals surface area contributed by atoms with E-state index in [1.165, 1.54) is 0 Å². The van der Waals surface area contributed by atoms with Crippen LogP contribution in [0, 0.1) is 13.8 Å². The van der Waals surface area contributed by atoms with Gasteiger partial charge in [-0.05, 0) is 33.3 Å². The number of rotatable bonds is 4. The lowest BCUT2D eigenvalue weighted by molar-refractivity contribution is 0.0939. The lowest BCUT2D eigenvalue weighted by atomic mass is 10.1. The summed E-state index contributed by atoms with van der Waals surface area (Å²) in [6.07, 6.45) is 2.00. The topological polar surface area (TPSA) is 68.0 Å². The first-order chi connectivity index (χ1) is 9.02. The molecule has 0 aliphatic heterocycles. The van der Waals surface area contributed by atoms with E-state index in [4.69, 9.17) is 4.52 Å². The van der Waals surface area contributed by atoms with E-state index >= 15 is 0 Å². The minimum absolute atomic E-state index is 0.0947. The maximum absolute atomic E-state index is 12.3. The van der Waals surface area contributed by atoms with Gasteiger partial charge in [0.1, 0.15) is 0 Å². The smallest absolute Gasteiger partial charge is 0.258 e. The molecule has 0 fully saturated rings. The molecule has 0 spiro atoms. The first kappa shape index (κ1) is 13.5. The molecule has 1 atom stereocenters. The third kappa shape index (κ3) is 2.75. The van der Waals surface area contributed by atoms with Crippen molar-refractivity contribution in [3.05, 3.63) is 23.0 Å². The summed E-state index contributed by atoms with van der Waals surface area (Å²) in [4.78, 5) is 16.6. The number of nitrogens with one attached hydrogen (secondary N) is 1. The van der Waals surface area contributed by atoms with Gasteiger partial charge in [-0.2, -0.15) is 0 Å². The Morgan fingerprint density at radius 2 is 2.21 bits per heavy atom. The Balaban J connectivity index is 2.38. The van der Waals surface area contributed by atoms with E-state index < -0.39 is 0 Å². The van der Waals surface area contributed by atoms with Crippen molar-refractivity contribution in [2.24, 2.45) is 0 Å². The van der Waals surface area contributed by atoms with E-state index in [0.717, 1.165) is 18.5 Å². The maximum Gasteiger partial charge on any atom is 0.258 e. The Hall–Kier alpha value is -1.91. The van der Waals surface area contributed by atoms with Crippen molar-refractivity contribution in [3.63, 3.8) is 0 Å². The molecule has 1 N–H and O–H groups in total. The molecule has 102 valence electrons. The Morgan fingerprint density at radius 3 is 2.89 bits per heavy atom. The highest BCUT2D eigenvalue weighted by atomic mass is 16.5. The van der Waals surface area contributed by atoms with E-state index in [9.17, 15) is 4.79 Å². The Bertz CT molecular complexity index is 604. The minimum atomic E-state index is -0.0947. The van der Waals surface area contributed by atoms with Crippen LogP contribution in [-0.2, 0) is 0 Å². The monoisotopic (exact) mass is 261 g/mol. The Kier molecular flexibility index (Phi) is 3.83. The van der Waals surface area contributed by atoms with Crippen molar-refractivity contribution < 1.29 is 9.32 Å². The first-order valence-corrected chi connectivity index (χ1v) is 6.57. The van der Waals surface area contributed by atoms with E-state index in [1.807, 2.05) is 20.8 Å². The Morgan fingerprint density at radius 1 is 1.47 bits per heavy atom. The highest BCUT2D eigenvalue weighted by molar-refractivity contribution is 6.06. The molecule has 5 nitrogen and oxygen atoms in total. The van der Waals surface area contributed by atoms with E-state index in [0.29, 0.717) is 22.4 Å². The van der Waals surface area contributed by atoms with Gasteiger partial charge in [0.25, 0.3) is 11.6 Å². The summed E-state index contributed by atoms with van der Waals surface area (Å²) in [7, 11) is 0. The van der Waals surface area contributed by atoms with Crippen molar-refractivity contribution in [2.45, 2.75) is 46.6 Å². The third-order valence-electron chi connectivity index (χ3n) is 3.09. The number of amides is 1. The van der Waals surface area contributed by atoms with Gasteiger partial charge in [-0.25, -0.2) is 4.98 Å². The Labute approximate surface area is 112 Å². The van der Waals surface area contributed by atoms with Crippen molar-refractivity contribution in [1.29, 1.82) is 0 Å². The van der Waals surface area contributed by atoms with Gasteiger partial charge < -0.3 is 9.84 Å². The molecule has 0 aliphatic carbocycles. The zero-order valence-electron chi connectivity index (χ0n) is 11.8. The molecule has 2 rings (SSSR count). The number of hydrogen-bond donors (Lipinski definition) is 1. The van der Waals surface area contributed by atoms with E-state index in [2.05, 4.69) is 22.4 Å². The minimum Gasteiger partial charge on any atom is -0.350 e. The van der Waals surface area contributed by atoms with Gasteiger partial charge >= 0.3 is 0 Å². The molecule has 0 saturated heterocycles. The number of aryl methyl sites for hydroxylation is 2. The molecule has 0 aromatic carbocycles. The van der Waals surface area contributed by atoms with Gasteiger partial charge in [0, 0.05) is 11.7 Å². The molecular formula is C14H19N3O2. The molecule has 1 amide bonds. The number of fused-ring (bicyclic) bond motifs is 1. The molecule has 0 saturated carbocycles. The molecule has 5 heteroatoms. The average molecular weight is 261 g/mol. The second kappa shape index (κ2) is 5.38. The molecule has 0 radical (unpaired) electrons. The second-order valence-corrected chi connectivity index (χ2v) is 4.92. The zero-order valence-corrected chi connectivity index (χ0v) is 11.8. The summed E-state index contributed by atoms with van der Waals surface area (Å²) in [5, 5.41) is 7.58. The van der Waals surface area contributed by atoms with Crippen LogP contribution in [0.3, 0.4) is 0 Å². The normalized spacial score (nSPS) is 12.6. The van der Waals surface area contributed by atoms with Crippen LogP contribution in [0.25, 0.3) is 11.1 Å². The van der Waals surface area contributed by atoms with Gasteiger partial charge in [-0.1, -0.05) is 18.5 Å². The average Bonchev–Trinajstić information content (AvgIpc) is 2.70. The fourth-order valence-electron chi connectivity index (χ4n) is 2.20. The number of pyridine rings is 1. The number of carbonyl (C=O) groups is 1. The third-order valence-corrected chi connectivity index (χ3v) is 3.09. The summed E-state index contributed by atoms with van der Waals surface area (Å²) in [5.41, 5.74) is 2.45. The predicted octanol–water partition coefficient (Wildman–Crippen LogP) is 2.76. The van der Waals surface area contributed by atoms with Crippen LogP contribution in [0.15, 0.2) is 10.6 Å². The summed E-state index contributed by atoms with van der Waals surface area (Å²) >= 11 is 0. The van der Waals surface area contributed by atoms with E-state index in [1.54, 1.807) is 6.07 Å². The number of carbonyl (C=O) groups excluding carboxylic acids is 1.